The molecule has 108 valence electrons. The molecule has 0 unspecified atom stereocenters. The van der Waals surface area contributed by atoms with Gasteiger partial charge in [-0.3, -0.25) is 0 Å². The van der Waals surface area contributed by atoms with Crippen LogP contribution in [0.15, 0.2) is 54.2 Å². The van der Waals surface area contributed by atoms with Gasteiger partial charge in [-0.05, 0) is 22.6 Å². The van der Waals surface area contributed by atoms with Crippen LogP contribution >= 0.6 is 22.9 Å². The second-order valence-electron chi connectivity index (χ2n) is 4.79. The summed E-state index contributed by atoms with van der Waals surface area (Å²) in [5.41, 5.74) is 3.78. The number of hydrogen-bond acceptors (Lipinski definition) is 4. The third-order valence-corrected chi connectivity index (χ3v) is 4.66. The van der Waals surface area contributed by atoms with Gasteiger partial charge in [-0.15, -0.1) is 11.3 Å². The molecule has 3 heterocycles. The molecule has 0 aliphatic carbocycles. The quantitative estimate of drug-likeness (QED) is 0.590. The lowest BCUT2D eigenvalue weighted by Crippen LogP contribution is -1.91. The highest BCUT2D eigenvalue weighted by atomic mass is 35.5. The Morgan fingerprint density at radius 2 is 1.91 bits per heavy atom. The molecule has 4 nitrogen and oxygen atoms in total. The van der Waals surface area contributed by atoms with Crippen molar-refractivity contribution >= 4 is 28.6 Å². The molecule has 4 rings (SSSR count). The molecule has 0 saturated heterocycles. The molecule has 0 bridgehead atoms. The lowest BCUT2D eigenvalue weighted by Gasteiger charge is -1.99. The second-order valence-corrected chi connectivity index (χ2v) is 6.11. The number of thiophene rings is 1. The van der Waals surface area contributed by atoms with Crippen LogP contribution in [0, 0.1) is 0 Å². The topological polar surface area (TPSA) is 50.4 Å². The summed E-state index contributed by atoms with van der Waals surface area (Å²) >= 11 is 7.48. The number of halogens is 1. The van der Waals surface area contributed by atoms with Crippen LogP contribution in [0.2, 0.25) is 5.02 Å². The van der Waals surface area contributed by atoms with Crippen molar-refractivity contribution in [1.29, 1.82) is 0 Å². The highest BCUT2D eigenvalue weighted by molar-refractivity contribution is 7.14. The molecule has 0 atom stereocenters. The van der Waals surface area contributed by atoms with Gasteiger partial charge in [0.15, 0.2) is 5.65 Å². The van der Waals surface area contributed by atoms with Gasteiger partial charge in [0.05, 0.1) is 18.0 Å². The van der Waals surface area contributed by atoms with Crippen LogP contribution in [0.25, 0.3) is 27.2 Å². The van der Waals surface area contributed by atoms with Crippen molar-refractivity contribution in [2.75, 3.05) is 0 Å². The van der Waals surface area contributed by atoms with Crippen molar-refractivity contribution in [3.8, 4) is 27.4 Å². The maximum atomic E-state index is 9.93. The van der Waals surface area contributed by atoms with Crippen LogP contribution in [0.5, 0.6) is 5.88 Å². The van der Waals surface area contributed by atoms with E-state index in [1.54, 1.807) is 17.5 Å². The molecule has 6 heteroatoms. The SMILES string of the molecule is Oc1c(Cl)cnc2c(-c3cc(-c4ccccc4)cs3)cnn12. The molecule has 0 spiro atoms. The Morgan fingerprint density at radius 1 is 1.09 bits per heavy atom. The molecule has 0 amide bonds. The number of nitrogens with zero attached hydrogens (tertiary/aromatic N) is 3. The molecular formula is C16H10ClN3OS. The standard InChI is InChI=1S/C16H10ClN3OS/c17-13-8-18-15-12(7-19-20(15)16(13)21)14-6-11(9-22-14)10-4-2-1-3-5-10/h1-9,21H. The number of rotatable bonds is 2. The fraction of sp³-hybridized carbons (Fsp3) is 0. The first-order valence-electron chi connectivity index (χ1n) is 6.59. The predicted molar refractivity (Wildman–Crippen MR) is 88.4 cm³/mol. The first-order chi connectivity index (χ1) is 10.7. The van der Waals surface area contributed by atoms with E-state index in [-0.39, 0.29) is 10.9 Å². The smallest absolute Gasteiger partial charge is 0.234 e. The summed E-state index contributed by atoms with van der Waals surface area (Å²) in [6.07, 6.45) is 3.13. The summed E-state index contributed by atoms with van der Waals surface area (Å²) in [4.78, 5) is 5.32. The average Bonchev–Trinajstić information content (AvgIpc) is 3.18. The summed E-state index contributed by atoms with van der Waals surface area (Å²) in [5, 5.41) is 16.4. The molecule has 3 aromatic heterocycles. The molecular weight excluding hydrogens is 318 g/mol. The lowest BCUT2D eigenvalue weighted by atomic mass is 10.1. The van der Waals surface area contributed by atoms with Crippen LogP contribution in [0.1, 0.15) is 0 Å². The van der Waals surface area contributed by atoms with Gasteiger partial charge < -0.3 is 5.11 Å². The molecule has 22 heavy (non-hydrogen) atoms. The molecule has 0 radical (unpaired) electrons. The van der Waals surface area contributed by atoms with Crippen molar-refractivity contribution in [2.45, 2.75) is 0 Å². The summed E-state index contributed by atoms with van der Waals surface area (Å²) < 4.78 is 1.35. The zero-order chi connectivity index (χ0) is 15.1. The van der Waals surface area contributed by atoms with E-state index >= 15 is 0 Å². The number of benzene rings is 1. The van der Waals surface area contributed by atoms with E-state index in [4.69, 9.17) is 11.6 Å². The Kier molecular flexibility index (Phi) is 3.10. The first kappa shape index (κ1) is 13.3. The third-order valence-electron chi connectivity index (χ3n) is 3.43. The minimum atomic E-state index is -0.0993. The number of aromatic nitrogens is 3. The Labute approximate surface area is 135 Å². The van der Waals surface area contributed by atoms with Crippen molar-refractivity contribution in [1.82, 2.24) is 14.6 Å². The van der Waals surface area contributed by atoms with Crippen molar-refractivity contribution in [3.63, 3.8) is 0 Å². The maximum Gasteiger partial charge on any atom is 0.234 e. The highest BCUT2D eigenvalue weighted by Gasteiger charge is 2.14. The maximum absolute atomic E-state index is 9.93. The van der Waals surface area contributed by atoms with Gasteiger partial charge in [-0.25, -0.2) is 4.98 Å². The molecule has 1 N–H and O–H groups in total. The van der Waals surface area contributed by atoms with Gasteiger partial charge in [0.2, 0.25) is 5.88 Å². The molecule has 0 aliphatic rings. The van der Waals surface area contributed by atoms with E-state index in [1.165, 1.54) is 16.3 Å². The summed E-state index contributed by atoms with van der Waals surface area (Å²) in [5.74, 6) is -0.0993. The molecule has 1 aromatic carbocycles. The minimum absolute atomic E-state index is 0.0993. The normalized spacial score (nSPS) is 11.1. The minimum Gasteiger partial charge on any atom is -0.492 e. The zero-order valence-corrected chi connectivity index (χ0v) is 12.8. The first-order valence-corrected chi connectivity index (χ1v) is 7.85. The van der Waals surface area contributed by atoms with E-state index in [0.29, 0.717) is 5.65 Å². The fourth-order valence-corrected chi connectivity index (χ4v) is 3.38. The number of fused-ring (bicyclic) bond motifs is 1. The van der Waals surface area contributed by atoms with Crippen LogP contribution in [0.3, 0.4) is 0 Å². The molecule has 0 aliphatic heterocycles. The van der Waals surface area contributed by atoms with E-state index in [0.717, 1.165) is 16.0 Å². The van der Waals surface area contributed by atoms with E-state index in [9.17, 15) is 5.11 Å². The van der Waals surface area contributed by atoms with Crippen LogP contribution in [0.4, 0.5) is 0 Å². The van der Waals surface area contributed by atoms with Gasteiger partial charge in [0.25, 0.3) is 0 Å². The summed E-state index contributed by atoms with van der Waals surface area (Å²) in [7, 11) is 0. The van der Waals surface area contributed by atoms with Gasteiger partial charge in [0, 0.05) is 4.88 Å². The zero-order valence-electron chi connectivity index (χ0n) is 11.3. The number of aromatic hydroxyl groups is 1. The van der Waals surface area contributed by atoms with Gasteiger partial charge in [-0.2, -0.15) is 9.61 Å². The second kappa shape index (κ2) is 5.12. The van der Waals surface area contributed by atoms with Gasteiger partial charge >= 0.3 is 0 Å². The Morgan fingerprint density at radius 3 is 2.73 bits per heavy atom. The molecule has 4 aromatic rings. The predicted octanol–water partition coefficient (Wildman–Crippen LogP) is 4.48. The summed E-state index contributed by atoms with van der Waals surface area (Å²) in [6.45, 7) is 0. The number of hydrogen-bond donors (Lipinski definition) is 1. The van der Waals surface area contributed by atoms with Crippen molar-refractivity contribution < 1.29 is 5.11 Å². The van der Waals surface area contributed by atoms with Gasteiger partial charge in [-0.1, -0.05) is 41.9 Å². The van der Waals surface area contributed by atoms with E-state index in [1.807, 2.05) is 18.2 Å². The molecule has 0 saturated carbocycles. The van der Waals surface area contributed by atoms with E-state index in [2.05, 4.69) is 33.7 Å². The van der Waals surface area contributed by atoms with E-state index < -0.39 is 0 Å². The van der Waals surface area contributed by atoms with Crippen LogP contribution < -0.4 is 0 Å². The van der Waals surface area contributed by atoms with Crippen molar-refractivity contribution in [3.05, 3.63) is 59.2 Å². The summed E-state index contributed by atoms with van der Waals surface area (Å²) in [6, 6.07) is 12.3. The Balaban J connectivity index is 1.84. The Hall–Kier alpha value is -2.37. The fourth-order valence-electron chi connectivity index (χ4n) is 2.33. The molecule has 0 fully saturated rings. The van der Waals surface area contributed by atoms with Crippen LogP contribution in [-0.2, 0) is 0 Å². The van der Waals surface area contributed by atoms with Crippen LogP contribution in [-0.4, -0.2) is 19.7 Å². The highest BCUT2D eigenvalue weighted by Crippen LogP contribution is 2.35. The lowest BCUT2D eigenvalue weighted by molar-refractivity contribution is 0.435. The van der Waals surface area contributed by atoms with Gasteiger partial charge in [0.1, 0.15) is 5.02 Å². The third kappa shape index (κ3) is 2.06. The Bertz CT molecular complexity index is 962. The van der Waals surface area contributed by atoms with Crippen molar-refractivity contribution in [2.24, 2.45) is 0 Å². The average molecular weight is 328 g/mol. The largest absolute Gasteiger partial charge is 0.492 e. The monoisotopic (exact) mass is 327 g/mol.